The number of nitrogens with zero attached hydrogens (tertiary/aromatic N) is 4. The first kappa shape index (κ1) is 21.6. The number of nitrogen functional groups attached to an aromatic ring is 1. The predicted molar refractivity (Wildman–Crippen MR) is 112 cm³/mol. The van der Waals surface area contributed by atoms with Crippen LogP contribution in [0.4, 0.5) is 4.79 Å². The summed E-state index contributed by atoms with van der Waals surface area (Å²) in [6, 6.07) is 6.61. The van der Waals surface area contributed by atoms with Gasteiger partial charge in [-0.1, -0.05) is 24.3 Å². The molecule has 3 rings (SSSR count). The van der Waals surface area contributed by atoms with Crippen LogP contribution in [0, 0.1) is 5.41 Å². The Morgan fingerprint density at radius 3 is 2.39 bits per heavy atom. The fourth-order valence-electron chi connectivity index (χ4n) is 2.98. The molecule has 0 saturated carbocycles. The molecule has 0 aliphatic rings. The number of hydrogen-bond acceptors (Lipinski definition) is 7. The average molecular weight is 428 g/mol. The van der Waals surface area contributed by atoms with Crippen LogP contribution in [-0.2, 0) is 23.1 Å². The van der Waals surface area contributed by atoms with Crippen molar-refractivity contribution in [2.75, 3.05) is 21.2 Å². The van der Waals surface area contributed by atoms with Gasteiger partial charge in [-0.3, -0.25) is 14.8 Å². The van der Waals surface area contributed by atoms with E-state index in [9.17, 15) is 19.2 Å². The van der Waals surface area contributed by atoms with E-state index in [4.69, 9.17) is 11.1 Å². The quantitative estimate of drug-likeness (QED) is 0.292. The smallest absolute Gasteiger partial charge is 0.423 e. The van der Waals surface area contributed by atoms with E-state index in [1.54, 1.807) is 24.3 Å². The number of carbonyl (C=O) groups is 2. The van der Waals surface area contributed by atoms with Gasteiger partial charge in [0.2, 0.25) is 0 Å². The summed E-state index contributed by atoms with van der Waals surface area (Å²) in [5.41, 5.74) is 5.25. The highest BCUT2D eigenvalue weighted by molar-refractivity contribution is 5.95. The third-order valence-corrected chi connectivity index (χ3v) is 5.00. The molecule has 31 heavy (non-hydrogen) atoms. The zero-order chi connectivity index (χ0) is 23.1. The molecule has 0 aliphatic heterocycles. The number of amides is 2. The van der Waals surface area contributed by atoms with Crippen molar-refractivity contribution in [1.82, 2.24) is 19.1 Å². The van der Waals surface area contributed by atoms with E-state index in [2.05, 4.69) is 14.7 Å². The first-order chi connectivity index (χ1) is 14.5. The summed E-state index contributed by atoms with van der Waals surface area (Å²) in [6.07, 6.45) is -0.825. The number of nitrogens with two attached hydrogens (primary N) is 1. The molecule has 3 aromatic rings. The number of aryl methyl sites for hydroxylation is 1. The van der Waals surface area contributed by atoms with Gasteiger partial charge in [0, 0.05) is 18.2 Å². The SMILES string of the molecule is COC(=O)[N+](C)(C)C(=O)Cn1c(=O)c2[nH]c(-c3ccc(C(=N)N)cc3)nc2n(C)c1=O. The molecular formula is C19H22N7O5+. The van der Waals surface area contributed by atoms with Crippen molar-refractivity contribution in [3.63, 3.8) is 0 Å². The molecule has 2 heterocycles. The molecule has 0 saturated heterocycles. The molecule has 0 unspecified atom stereocenters. The number of imide groups is 1. The molecule has 0 radical (unpaired) electrons. The minimum Gasteiger partial charge on any atom is -0.423 e. The first-order valence-electron chi connectivity index (χ1n) is 9.09. The van der Waals surface area contributed by atoms with Crippen LogP contribution in [-0.4, -0.2) is 62.6 Å². The number of quaternary nitrogens is 1. The third-order valence-electron chi connectivity index (χ3n) is 5.00. The lowest BCUT2D eigenvalue weighted by atomic mass is 10.1. The molecule has 12 nitrogen and oxygen atoms in total. The second kappa shape index (κ2) is 7.65. The molecule has 0 aliphatic carbocycles. The maximum Gasteiger partial charge on any atom is 0.522 e. The summed E-state index contributed by atoms with van der Waals surface area (Å²) in [4.78, 5) is 57.4. The van der Waals surface area contributed by atoms with Gasteiger partial charge < -0.3 is 15.5 Å². The number of carbonyl (C=O) groups excluding carboxylic acids is 2. The van der Waals surface area contributed by atoms with E-state index in [-0.39, 0.29) is 17.0 Å². The molecule has 4 N–H and O–H groups in total. The predicted octanol–water partition coefficient (Wildman–Crippen LogP) is -0.256. The minimum absolute atomic E-state index is 0.0314. The Bertz CT molecular complexity index is 1330. The third kappa shape index (κ3) is 3.64. The maximum absolute atomic E-state index is 12.9. The van der Waals surface area contributed by atoms with Crippen molar-refractivity contribution in [2.45, 2.75) is 6.54 Å². The number of likely N-dealkylation sites (N-methyl/N-ethyl adjacent to an activating group) is 1. The number of aromatic nitrogens is 4. The van der Waals surface area contributed by atoms with Crippen LogP contribution in [0.1, 0.15) is 5.56 Å². The Morgan fingerprint density at radius 2 is 1.84 bits per heavy atom. The van der Waals surface area contributed by atoms with Crippen LogP contribution in [0.2, 0.25) is 0 Å². The highest BCUT2D eigenvalue weighted by Gasteiger charge is 2.37. The van der Waals surface area contributed by atoms with Crippen LogP contribution in [0.15, 0.2) is 33.9 Å². The molecule has 162 valence electrons. The fourth-order valence-corrected chi connectivity index (χ4v) is 2.98. The van der Waals surface area contributed by atoms with E-state index in [0.717, 1.165) is 16.2 Å². The van der Waals surface area contributed by atoms with Gasteiger partial charge in [0.15, 0.2) is 5.65 Å². The molecule has 0 bridgehead atoms. The number of benzene rings is 1. The van der Waals surface area contributed by atoms with E-state index in [0.29, 0.717) is 17.0 Å². The Balaban J connectivity index is 2.09. The molecule has 0 spiro atoms. The number of fused-ring (bicyclic) bond motifs is 1. The number of aromatic amines is 1. The molecule has 12 heteroatoms. The number of ether oxygens (including phenoxy) is 1. The number of rotatable bonds is 4. The lowest BCUT2D eigenvalue weighted by Crippen LogP contribution is -2.54. The molecular weight excluding hydrogens is 406 g/mol. The van der Waals surface area contributed by atoms with Crippen LogP contribution in [0.5, 0.6) is 0 Å². The number of hydrogen-bond donors (Lipinski definition) is 3. The number of imidazole rings is 1. The number of H-pyrrole nitrogens is 1. The van der Waals surface area contributed by atoms with Gasteiger partial charge in [0.1, 0.15) is 23.7 Å². The van der Waals surface area contributed by atoms with Gasteiger partial charge in [-0.2, -0.15) is 9.28 Å². The van der Waals surface area contributed by atoms with Crippen LogP contribution in [0.25, 0.3) is 22.6 Å². The highest BCUT2D eigenvalue weighted by Crippen LogP contribution is 2.18. The second-order valence-electron chi connectivity index (χ2n) is 7.33. The first-order valence-corrected chi connectivity index (χ1v) is 9.09. The van der Waals surface area contributed by atoms with Crippen molar-refractivity contribution in [2.24, 2.45) is 12.8 Å². The van der Waals surface area contributed by atoms with Gasteiger partial charge in [-0.25, -0.2) is 19.1 Å². The van der Waals surface area contributed by atoms with E-state index in [1.807, 2.05) is 0 Å². The Kier molecular flexibility index (Phi) is 5.34. The van der Waals surface area contributed by atoms with E-state index < -0.39 is 34.3 Å². The summed E-state index contributed by atoms with van der Waals surface area (Å²) in [6.45, 7) is -0.620. The highest BCUT2D eigenvalue weighted by atomic mass is 16.5. The number of methoxy groups -OCH3 is 1. The number of amidine groups is 1. The molecule has 2 aromatic heterocycles. The van der Waals surface area contributed by atoms with Gasteiger partial charge >= 0.3 is 17.7 Å². The van der Waals surface area contributed by atoms with Crippen molar-refractivity contribution in [3.8, 4) is 11.4 Å². The van der Waals surface area contributed by atoms with Crippen molar-refractivity contribution in [1.29, 1.82) is 5.41 Å². The van der Waals surface area contributed by atoms with Crippen molar-refractivity contribution < 1.29 is 18.8 Å². The van der Waals surface area contributed by atoms with E-state index in [1.165, 1.54) is 21.1 Å². The lowest BCUT2D eigenvalue weighted by molar-refractivity contribution is -0.738. The van der Waals surface area contributed by atoms with Crippen molar-refractivity contribution >= 4 is 29.0 Å². The summed E-state index contributed by atoms with van der Waals surface area (Å²) in [5.74, 6) is -0.462. The van der Waals surface area contributed by atoms with Crippen molar-refractivity contribution in [3.05, 3.63) is 50.7 Å². The Hall–Kier alpha value is -4.06. The summed E-state index contributed by atoms with van der Waals surface area (Å²) in [5, 5.41) is 7.45. The minimum atomic E-state index is -0.825. The standard InChI is InChI=1S/C19H21N7O5/c1-24-16-13(22-15(23-16)11-7-5-10(6-8-11)14(20)21)17(28)25(18(24)29)9-12(27)26(2,3)19(30)31-4/h5-8H,9H2,1-4H3,(H3-,20,21,22,23,28)/p+1. The van der Waals surface area contributed by atoms with Gasteiger partial charge in [-0.05, 0) is 0 Å². The fraction of sp³-hybridized carbons (Fsp3) is 0.263. The number of nitrogens with one attached hydrogen (secondary N) is 2. The normalized spacial score (nSPS) is 11.5. The van der Waals surface area contributed by atoms with Crippen LogP contribution >= 0.6 is 0 Å². The van der Waals surface area contributed by atoms with Gasteiger partial charge in [-0.15, -0.1) is 0 Å². The lowest BCUT2D eigenvalue weighted by Gasteiger charge is -2.21. The van der Waals surface area contributed by atoms with Crippen LogP contribution < -0.4 is 17.0 Å². The zero-order valence-electron chi connectivity index (χ0n) is 17.4. The topological polar surface area (TPSA) is 166 Å². The molecule has 1 aromatic carbocycles. The summed E-state index contributed by atoms with van der Waals surface area (Å²) < 4.78 is 5.71. The zero-order valence-corrected chi connectivity index (χ0v) is 17.4. The molecule has 0 fully saturated rings. The average Bonchev–Trinajstić information content (AvgIpc) is 3.20. The van der Waals surface area contributed by atoms with E-state index >= 15 is 0 Å². The Labute approximate surface area is 175 Å². The molecule has 2 amide bonds. The van der Waals surface area contributed by atoms with Crippen LogP contribution in [0.3, 0.4) is 0 Å². The monoisotopic (exact) mass is 428 g/mol. The second-order valence-corrected chi connectivity index (χ2v) is 7.33. The summed E-state index contributed by atoms with van der Waals surface area (Å²) >= 11 is 0. The largest absolute Gasteiger partial charge is 0.522 e. The van der Waals surface area contributed by atoms with Gasteiger partial charge in [0.05, 0.1) is 21.2 Å². The maximum atomic E-state index is 12.9. The molecule has 0 atom stereocenters. The Morgan fingerprint density at radius 1 is 1.23 bits per heavy atom. The summed E-state index contributed by atoms with van der Waals surface area (Å²) in [7, 11) is 5.18. The van der Waals surface area contributed by atoms with Gasteiger partial charge in [0.25, 0.3) is 5.56 Å².